The fourth-order valence-electron chi connectivity index (χ4n) is 4.56. The number of aromatic amines is 1. The lowest BCUT2D eigenvalue weighted by molar-refractivity contribution is 0.179. The third kappa shape index (κ3) is 3.87. The third-order valence-electron chi connectivity index (χ3n) is 6.31. The number of hydrogen-bond donors (Lipinski definition) is 2. The molecule has 32 heavy (non-hydrogen) atoms. The van der Waals surface area contributed by atoms with Gasteiger partial charge in [-0.3, -0.25) is 0 Å². The van der Waals surface area contributed by atoms with Crippen LogP contribution in [0.2, 0.25) is 5.02 Å². The standard InChI is InChI=1S/C27H26ClN3O/c1-17-3-7-19(8-4-17)16-29-27(32)31-14-13-22-23-15-21(28)11-12-24(23)30-25(22)26(31)20-9-5-18(2)6-10-20/h3-12,15,26,30H,13-14,16H2,1-2H3,(H,29,32)/t26-/m1/s1. The van der Waals surface area contributed by atoms with E-state index in [1.54, 1.807) is 0 Å². The van der Waals surface area contributed by atoms with E-state index >= 15 is 0 Å². The molecule has 0 radical (unpaired) electrons. The molecule has 0 bridgehead atoms. The van der Waals surface area contributed by atoms with Crippen LogP contribution in [-0.4, -0.2) is 22.5 Å². The van der Waals surface area contributed by atoms with E-state index in [2.05, 4.69) is 72.7 Å². The highest BCUT2D eigenvalue weighted by Gasteiger charge is 2.34. The van der Waals surface area contributed by atoms with Gasteiger partial charge in [0, 0.05) is 34.7 Å². The topological polar surface area (TPSA) is 48.1 Å². The molecule has 0 spiro atoms. The summed E-state index contributed by atoms with van der Waals surface area (Å²) < 4.78 is 0. The number of amides is 2. The van der Waals surface area contributed by atoms with Gasteiger partial charge in [0.1, 0.15) is 0 Å². The molecule has 1 aromatic heterocycles. The van der Waals surface area contributed by atoms with Crippen molar-refractivity contribution in [2.45, 2.75) is 32.9 Å². The molecular weight excluding hydrogens is 418 g/mol. The van der Waals surface area contributed by atoms with Crippen molar-refractivity contribution in [3.05, 3.63) is 105 Å². The molecule has 4 aromatic rings. The first-order chi connectivity index (χ1) is 15.5. The Bertz CT molecular complexity index is 1280. The predicted octanol–water partition coefficient (Wildman–Crippen LogP) is 6.30. The lowest BCUT2D eigenvalue weighted by Crippen LogP contribution is -2.45. The fraction of sp³-hybridized carbons (Fsp3) is 0.222. The summed E-state index contributed by atoms with van der Waals surface area (Å²) in [6.45, 7) is 5.29. The summed E-state index contributed by atoms with van der Waals surface area (Å²) in [5, 5.41) is 4.99. The molecule has 4 nitrogen and oxygen atoms in total. The summed E-state index contributed by atoms with van der Waals surface area (Å²) in [6, 6.07) is 22.4. The third-order valence-corrected chi connectivity index (χ3v) is 6.54. The van der Waals surface area contributed by atoms with Crippen LogP contribution in [0.25, 0.3) is 10.9 Å². The largest absolute Gasteiger partial charge is 0.356 e. The van der Waals surface area contributed by atoms with Crippen LogP contribution in [0.4, 0.5) is 4.79 Å². The first-order valence-electron chi connectivity index (χ1n) is 11.0. The highest BCUT2D eigenvalue weighted by atomic mass is 35.5. The molecule has 162 valence electrons. The van der Waals surface area contributed by atoms with E-state index in [0.717, 1.165) is 39.2 Å². The molecule has 0 saturated heterocycles. The Morgan fingerprint density at radius 3 is 2.44 bits per heavy atom. The van der Waals surface area contributed by atoms with Gasteiger partial charge in [-0.15, -0.1) is 0 Å². The smallest absolute Gasteiger partial charge is 0.318 e. The Morgan fingerprint density at radius 2 is 1.72 bits per heavy atom. The van der Waals surface area contributed by atoms with E-state index in [0.29, 0.717) is 13.1 Å². The number of hydrogen-bond acceptors (Lipinski definition) is 1. The lowest BCUT2D eigenvalue weighted by atomic mass is 9.92. The predicted molar refractivity (Wildman–Crippen MR) is 130 cm³/mol. The second-order valence-corrected chi connectivity index (χ2v) is 9.04. The van der Waals surface area contributed by atoms with Crippen molar-refractivity contribution < 1.29 is 4.79 Å². The van der Waals surface area contributed by atoms with E-state index in [1.165, 1.54) is 16.7 Å². The summed E-state index contributed by atoms with van der Waals surface area (Å²) in [5.74, 6) is 0. The number of rotatable bonds is 3. The molecule has 0 aliphatic carbocycles. The molecule has 1 aliphatic heterocycles. The van der Waals surface area contributed by atoms with E-state index < -0.39 is 0 Å². The summed E-state index contributed by atoms with van der Waals surface area (Å²) >= 11 is 6.29. The van der Waals surface area contributed by atoms with Gasteiger partial charge in [-0.05, 0) is 55.2 Å². The van der Waals surface area contributed by atoms with Crippen LogP contribution in [0.5, 0.6) is 0 Å². The van der Waals surface area contributed by atoms with Crippen LogP contribution < -0.4 is 5.32 Å². The Morgan fingerprint density at radius 1 is 1.03 bits per heavy atom. The van der Waals surface area contributed by atoms with E-state index in [9.17, 15) is 4.79 Å². The number of carbonyl (C=O) groups is 1. The molecule has 5 heteroatoms. The molecule has 0 fully saturated rings. The maximum atomic E-state index is 13.3. The molecular formula is C27H26ClN3O. The number of nitrogens with one attached hydrogen (secondary N) is 2. The minimum Gasteiger partial charge on any atom is -0.356 e. The Labute approximate surface area is 193 Å². The quantitative estimate of drug-likeness (QED) is 0.383. The SMILES string of the molecule is Cc1ccc(CNC(=O)N2CCc3c([nH]c4ccc(Cl)cc34)[C@H]2c2ccc(C)cc2)cc1. The van der Waals surface area contributed by atoms with E-state index in [4.69, 9.17) is 11.6 Å². The highest BCUT2D eigenvalue weighted by molar-refractivity contribution is 6.31. The number of carbonyl (C=O) groups excluding carboxylic acids is 1. The summed E-state index contributed by atoms with van der Waals surface area (Å²) in [4.78, 5) is 18.9. The number of aromatic nitrogens is 1. The van der Waals surface area contributed by atoms with Gasteiger partial charge in [-0.25, -0.2) is 4.79 Å². The van der Waals surface area contributed by atoms with Gasteiger partial charge < -0.3 is 15.2 Å². The molecule has 2 amide bonds. The summed E-state index contributed by atoms with van der Waals surface area (Å²) in [7, 11) is 0. The van der Waals surface area contributed by atoms with Gasteiger partial charge in [0.15, 0.2) is 0 Å². The monoisotopic (exact) mass is 443 g/mol. The average Bonchev–Trinajstić information content (AvgIpc) is 3.16. The van der Waals surface area contributed by atoms with Crippen molar-refractivity contribution in [1.82, 2.24) is 15.2 Å². The summed E-state index contributed by atoms with van der Waals surface area (Å²) in [6.07, 6.45) is 0.788. The van der Waals surface area contributed by atoms with Gasteiger partial charge in [-0.1, -0.05) is 71.3 Å². The van der Waals surface area contributed by atoms with Gasteiger partial charge in [0.2, 0.25) is 0 Å². The van der Waals surface area contributed by atoms with Crippen LogP contribution >= 0.6 is 11.6 Å². The van der Waals surface area contributed by atoms with Crippen molar-refractivity contribution in [3.63, 3.8) is 0 Å². The van der Waals surface area contributed by atoms with E-state index in [1.807, 2.05) is 23.1 Å². The van der Waals surface area contributed by atoms with Crippen LogP contribution in [0.15, 0.2) is 66.7 Å². The zero-order valence-corrected chi connectivity index (χ0v) is 19.0. The number of aryl methyl sites for hydroxylation is 2. The first kappa shape index (κ1) is 20.7. The van der Waals surface area contributed by atoms with Crippen molar-refractivity contribution in [1.29, 1.82) is 0 Å². The zero-order chi connectivity index (χ0) is 22.2. The molecule has 3 aromatic carbocycles. The van der Waals surface area contributed by atoms with Gasteiger partial charge in [-0.2, -0.15) is 0 Å². The van der Waals surface area contributed by atoms with Crippen LogP contribution in [0.3, 0.4) is 0 Å². The number of benzene rings is 3. The molecule has 2 heterocycles. The zero-order valence-electron chi connectivity index (χ0n) is 18.3. The summed E-state index contributed by atoms with van der Waals surface area (Å²) in [5.41, 5.74) is 7.97. The molecule has 5 rings (SSSR count). The van der Waals surface area contributed by atoms with Crippen molar-refractivity contribution >= 4 is 28.5 Å². The number of urea groups is 1. The number of H-pyrrole nitrogens is 1. The normalized spacial score (nSPS) is 15.6. The highest BCUT2D eigenvalue weighted by Crippen LogP contribution is 2.39. The molecule has 0 saturated carbocycles. The minimum atomic E-state index is -0.177. The second kappa shape index (κ2) is 8.36. The van der Waals surface area contributed by atoms with Crippen molar-refractivity contribution in [3.8, 4) is 0 Å². The fourth-order valence-corrected chi connectivity index (χ4v) is 4.73. The molecule has 1 aliphatic rings. The molecule has 0 unspecified atom stereocenters. The van der Waals surface area contributed by atoms with Crippen molar-refractivity contribution in [2.24, 2.45) is 0 Å². The minimum absolute atomic E-state index is 0.0570. The average molecular weight is 444 g/mol. The molecule has 1 atom stereocenters. The number of nitrogens with zero attached hydrogens (tertiary/aromatic N) is 1. The van der Waals surface area contributed by atoms with Crippen LogP contribution in [0, 0.1) is 13.8 Å². The van der Waals surface area contributed by atoms with Crippen LogP contribution in [0.1, 0.15) is 39.6 Å². The van der Waals surface area contributed by atoms with Crippen LogP contribution in [-0.2, 0) is 13.0 Å². The Kier molecular flexibility index (Phi) is 5.40. The lowest BCUT2D eigenvalue weighted by Gasteiger charge is -2.36. The maximum Gasteiger partial charge on any atom is 0.318 e. The van der Waals surface area contributed by atoms with Crippen molar-refractivity contribution in [2.75, 3.05) is 6.54 Å². The second-order valence-electron chi connectivity index (χ2n) is 8.61. The Balaban J connectivity index is 1.50. The first-order valence-corrected chi connectivity index (χ1v) is 11.3. The maximum absolute atomic E-state index is 13.3. The van der Waals surface area contributed by atoms with Gasteiger partial charge in [0.05, 0.1) is 6.04 Å². The number of fused-ring (bicyclic) bond motifs is 3. The van der Waals surface area contributed by atoms with Gasteiger partial charge in [0.25, 0.3) is 0 Å². The molecule has 2 N–H and O–H groups in total. The number of halogens is 1. The Hall–Kier alpha value is -3.24. The van der Waals surface area contributed by atoms with Gasteiger partial charge >= 0.3 is 6.03 Å². The van der Waals surface area contributed by atoms with E-state index in [-0.39, 0.29) is 12.1 Å².